The number of nitrogens with one attached hydrogen (secondary N) is 7. The van der Waals surface area contributed by atoms with Gasteiger partial charge in [-0.3, -0.25) is 33.6 Å². The van der Waals surface area contributed by atoms with Crippen molar-refractivity contribution in [2.45, 2.75) is 134 Å². The smallest absolute Gasteiger partial charge is 0.251 e. The van der Waals surface area contributed by atoms with Crippen LogP contribution in [0.25, 0.3) is 0 Å². The molecule has 0 aromatic heterocycles. The molecule has 2 fully saturated rings. The Kier molecular flexibility index (Phi) is 18.9. The van der Waals surface area contributed by atoms with Gasteiger partial charge in [0.2, 0.25) is 29.5 Å². The molecule has 0 saturated carbocycles. The molecule has 16 heteroatoms. The van der Waals surface area contributed by atoms with Gasteiger partial charge in [0.15, 0.2) is 0 Å². The third kappa shape index (κ3) is 13.8. The van der Waals surface area contributed by atoms with E-state index in [1.165, 1.54) is 11.6 Å². The van der Waals surface area contributed by atoms with Gasteiger partial charge in [0.05, 0.1) is 18.1 Å². The first-order chi connectivity index (χ1) is 30.4. The minimum Gasteiger partial charge on any atom is -0.352 e. The van der Waals surface area contributed by atoms with Gasteiger partial charge in [0.25, 0.3) is 11.8 Å². The molecule has 5 rings (SSSR count). The molecule has 3 aliphatic rings. The van der Waals surface area contributed by atoms with Gasteiger partial charge in [-0.05, 0) is 141 Å². The normalized spacial score (nSPS) is 18.9. The van der Waals surface area contributed by atoms with Gasteiger partial charge in [-0.2, -0.15) is 0 Å². The highest BCUT2D eigenvalue weighted by molar-refractivity contribution is 5.99. The van der Waals surface area contributed by atoms with Gasteiger partial charge in [-0.1, -0.05) is 30.3 Å². The summed E-state index contributed by atoms with van der Waals surface area (Å²) in [5, 5.41) is 20.6. The predicted octanol–water partition coefficient (Wildman–Crippen LogP) is 2.48. The number of amides is 7. The number of benzene rings is 2. The van der Waals surface area contributed by atoms with E-state index in [4.69, 9.17) is 0 Å². The molecule has 0 spiro atoms. The van der Waals surface area contributed by atoms with Crippen LogP contribution in [0.3, 0.4) is 0 Å². The molecule has 0 bridgehead atoms. The Hall–Kier alpha value is -5.35. The molecule has 1 aliphatic carbocycles. The van der Waals surface area contributed by atoms with Crippen molar-refractivity contribution >= 4 is 41.4 Å². The van der Waals surface area contributed by atoms with Crippen molar-refractivity contribution in [2.75, 3.05) is 46.8 Å². The average molecular weight is 872 g/mol. The summed E-state index contributed by atoms with van der Waals surface area (Å²) in [6, 6.07) is 11.5. The summed E-state index contributed by atoms with van der Waals surface area (Å²) < 4.78 is 0. The molecule has 7 amide bonds. The van der Waals surface area contributed by atoms with E-state index >= 15 is 0 Å². The number of hydrogen-bond acceptors (Lipinski definition) is 9. The van der Waals surface area contributed by atoms with E-state index in [0.29, 0.717) is 95.2 Å². The number of carbonyl (C=O) groups is 7. The predicted molar refractivity (Wildman–Crippen MR) is 241 cm³/mol. The van der Waals surface area contributed by atoms with Crippen molar-refractivity contribution in [3.05, 3.63) is 70.8 Å². The quantitative estimate of drug-likeness (QED) is 0.0867. The van der Waals surface area contributed by atoms with E-state index in [1.807, 2.05) is 12.1 Å². The molecule has 16 nitrogen and oxygen atoms in total. The molecule has 2 aromatic carbocycles. The van der Waals surface area contributed by atoms with Crippen LogP contribution >= 0.6 is 0 Å². The number of aryl methyl sites for hydroxylation is 1. The van der Waals surface area contributed by atoms with Crippen molar-refractivity contribution in [1.82, 2.24) is 47.0 Å². The fourth-order valence-corrected chi connectivity index (χ4v) is 8.56. The molecule has 2 aliphatic heterocycles. The summed E-state index contributed by atoms with van der Waals surface area (Å²) in [5.74, 6) is -1.74. The second-order valence-electron chi connectivity index (χ2n) is 17.1. The number of fused-ring (bicyclic) bond motifs is 1. The maximum absolute atomic E-state index is 14.1. The SMILES string of the molecule is CN[C@@H](C)C(=O)N[C@@H](CCCCNC(=O)c1cccc(C(=O)NCCCC[C@H](NC(=O)[C@H](C)NC)C(=O)N2CCC[C@H]2C(=O)N[C@@H]2CCCc3ccccc32)c1)C(=O)N1CCCC1. The van der Waals surface area contributed by atoms with Gasteiger partial charge >= 0.3 is 0 Å². The van der Waals surface area contributed by atoms with E-state index in [0.717, 1.165) is 37.7 Å². The molecule has 2 aromatic rings. The summed E-state index contributed by atoms with van der Waals surface area (Å²) in [7, 11) is 3.37. The zero-order chi connectivity index (χ0) is 45.3. The Balaban J connectivity index is 1.07. The molecule has 63 heavy (non-hydrogen) atoms. The lowest BCUT2D eigenvalue weighted by Gasteiger charge is -2.32. The van der Waals surface area contributed by atoms with Crippen LogP contribution in [0.1, 0.15) is 129 Å². The number of carbonyl (C=O) groups excluding carboxylic acids is 7. The topological polar surface area (TPSA) is 210 Å². The van der Waals surface area contributed by atoms with Crippen LogP contribution < -0.4 is 37.2 Å². The van der Waals surface area contributed by atoms with Crippen molar-refractivity contribution < 1.29 is 33.6 Å². The number of hydrogen-bond donors (Lipinski definition) is 7. The van der Waals surface area contributed by atoms with E-state index in [-0.39, 0.29) is 47.4 Å². The Morgan fingerprint density at radius 3 is 1.81 bits per heavy atom. The highest BCUT2D eigenvalue weighted by Gasteiger charge is 2.39. The van der Waals surface area contributed by atoms with Crippen LogP contribution in [-0.2, 0) is 30.4 Å². The first-order valence-corrected chi connectivity index (χ1v) is 23.0. The Labute approximate surface area is 372 Å². The van der Waals surface area contributed by atoms with E-state index < -0.39 is 30.2 Å². The molecule has 0 unspecified atom stereocenters. The number of likely N-dealkylation sites (N-methyl/N-ethyl adjacent to an activating group) is 2. The van der Waals surface area contributed by atoms with E-state index in [2.05, 4.69) is 49.4 Å². The lowest BCUT2D eigenvalue weighted by atomic mass is 9.87. The number of unbranched alkanes of at least 4 members (excludes halogenated alkanes) is 2. The molecule has 2 saturated heterocycles. The number of nitrogens with zero attached hydrogens (tertiary/aromatic N) is 2. The molecule has 0 radical (unpaired) electrons. The number of rotatable bonds is 22. The molecule has 2 heterocycles. The van der Waals surface area contributed by atoms with Crippen LogP contribution in [0.5, 0.6) is 0 Å². The molecule has 344 valence electrons. The van der Waals surface area contributed by atoms with Gasteiger partial charge in [0.1, 0.15) is 18.1 Å². The zero-order valence-corrected chi connectivity index (χ0v) is 37.6. The second-order valence-corrected chi connectivity index (χ2v) is 17.1. The Morgan fingerprint density at radius 2 is 1.22 bits per heavy atom. The maximum Gasteiger partial charge on any atom is 0.251 e. The van der Waals surface area contributed by atoms with Gasteiger partial charge in [0, 0.05) is 43.9 Å². The molecule has 7 N–H and O–H groups in total. The first kappa shape index (κ1) is 48.7. The lowest BCUT2D eigenvalue weighted by Crippen LogP contribution is -2.55. The van der Waals surface area contributed by atoms with Crippen LogP contribution in [0.2, 0.25) is 0 Å². The second kappa shape index (κ2) is 24.5. The number of likely N-dealkylation sites (tertiary alicyclic amines) is 2. The van der Waals surface area contributed by atoms with Crippen molar-refractivity contribution in [1.29, 1.82) is 0 Å². The van der Waals surface area contributed by atoms with Crippen molar-refractivity contribution in [2.24, 2.45) is 0 Å². The summed E-state index contributed by atoms with van der Waals surface area (Å²) in [6.07, 6.45) is 9.00. The molecule has 6 atom stereocenters. The standard InChI is InChI=1S/C47H69N9O7/c1-31(48-3)41(57)53-38(46(62)55-27-11-12-28-55)21-7-9-25-50-43(59)34-18-13-19-35(30-34)44(60)51-26-10-8-22-39(54-42(58)32(2)49-4)47(63)56-29-15-24-40(56)45(61)52-37-23-14-17-33-16-5-6-20-36(33)37/h5-6,13,16,18-20,30-32,37-40,48-49H,7-12,14-15,17,21-29H2,1-4H3,(H,50,59)(H,51,60)(H,52,61)(H,53,57)(H,54,58)/t31-,32-,37+,38-,39-,40-/m0/s1. The van der Waals surface area contributed by atoms with Crippen LogP contribution in [-0.4, -0.2) is 128 Å². The van der Waals surface area contributed by atoms with Crippen LogP contribution in [0.4, 0.5) is 0 Å². The summed E-state index contributed by atoms with van der Waals surface area (Å²) in [5.41, 5.74) is 3.03. The molecular formula is C47H69N9O7. The van der Waals surface area contributed by atoms with E-state index in [1.54, 1.807) is 55.9 Å². The summed E-state index contributed by atoms with van der Waals surface area (Å²) in [6.45, 7) is 5.94. The fraction of sp³-hybridized carbons (Fsp3) is 0.596. The third-order valence-electron chi connectivity index (χ3n) is 12.6. The monoisotopic (exact) mass is 872 g/mol. The average Bonchev–Trinajstić information content (AvgIpc) is 4.04. The first-order valence-electron chi connectivity index (χ1n) is 23.0. The zero-order valence-electron chi connectivity index (χ0n) is 37.6. The van der Waals surface area contributed by atoms with Crippen molar-refractivity contribution in [3.63, 3.8) is 0 Å². The fourth-order valence-electron chi connectivity index (χ4n) is 8.56. The molecular weight excluding hydrogens is 803 g/mol. The van der Waals surface area contributed by atoms with E-state index in [9.17, 15) is 33.6 Å². The van der Waals surface area contributed by atoms with Gasteiger partial charge < -0.3 is 47.0 Å². The summed E-state index contributed by atoms with van der Waals surface area (Å²) >= 11 is 0. The van der Waals surface area contributed by atoms with Crippen molar-refractivity contribution in [3.8, 4) is 0 Å². The highest BCUT2D eigenvalue weighted by Crippen LogP contribution is 2.30. The van der Waals surface area contributed by atoms with Gasteiger partial charge in [-0.25, -0.2) is 0 Å². The Morgan fingerprint density at radius 1 is 0.651 bits per heavy atom. The maximum atomic E-state index is 14.1. The largest absolute Gasteiger partial charge is 0.352 e. The summed E-state index contributed by atoms with van der Waals surface area (Å²) in [4.78, 5) is 96.1. The minimum atomic E-state index is -0.838. The third-order valence-corrected chi connectivity index (χ3v) is 12.6. The van der Waals surface area contributed by atoms with Gasteiger partial charge in [-0.15, -0.1) is 0 Å². The van der Waals surface area contributed by atoms with Crippen LogP contribution in [0, 0.1) is 0 Å². The lowest BCUT2D eigenvalue weighted by molar-refractivity contribution is -0.142. The Bertz CT molecular complexity index is 1900. The minimum absolute atomic E-state index is 0.0688. The highest BCUT2D eigenvalue weighted by atomic mass is 16.2. The van der Waals surface area contributed by atoms with Crippen LogP contribution in [0.15, 0.2) is 48.5 Å².